The van der Waals surface area contributed by atoms with Crippen molar-refractivity contribution in [2.75, 3.05) is 20.7 Å². The molecule has 1 rings (SSSR count). The zero-order valence-corrected chi connectivity index (χ0v) is 10.1. The number of rotatable bonds is 4. The molecule has 0 amide bonds. The fourth-order valence-electron chi connectivity index (χ4n) is 1.64. The maximum atomic E-state index is 6.02. The van der Waals surface area contributed by atoms with E-state index in [4.69, 9.17) is 22.1 Å². The molecule has 0 fully saturated rings. The average Bonchev–Trinajstić information content (AvgIpc) is 2.17. The molecule has 0 bridgehead atoms. The third-order valence-electron chi connectivity index (χ3n) is 2.30. The molecule has 0 aliphatic carbocycles. The molecule has 1 unspecified atom stereocenters. The van der Waals surface area contributed by atoms with Gasteiger partial charge in [-0.1, -0.05) is 11.6 Å². The highest BCUT2D eigenvalue weighted by molar-refractivity contribution is 6.30. The molecule has 3 N–H and O–H groups in total. The highest BCUT2D eigenvalue weighted by atomic mass is 35.5. The van der Waals surface area contributed by atoms with Crippen LogP contribution in [-0.4, -0.2) is 20.7 Å². The van der Waals surface area contributed by atoms with Gasteiger partial charge in [-0.05, 0) is 31.7 Å². The number of methoxy groups -OCH3 is 1. The maximum Gasteiger partial charge on any atom is 0.126 e. The number of nitrogens with one attached hydrogen (secondary N) is 1. The van der Waals surface area contributed by atoms with Crippen molar-refractivity contribution in [2.45, 2.75) is 13.0 Å². The number of halogens is 1. The lowest BCUT2D eigenvalue weighted by atomic mass is 10.0. The highest BCUT2D eigenvalue weighted by Gasteiger charge is 2.14. The highest BCUT2D eigenvalue weighted by Crippen LogP contribution is 2.30. The van der Waals surface area contributed by atoms with Crippen LogP contribution in [0, 0.1) is 6.92 Å². The molecule has 1 aromatic carbocycles. The van der Waals surface area contributed by atoms with E-state index in [0.717, 1.165) is 16.9 Å². The van der Waals surface area contributed by atoms with Gasteiger partial charge in [-0.15, -0.1) is 0 Å². The largest absolute Gasteiger partial charge is 0.496 e. The summed E-state index contributed by atoms with van der Waals surface area (Å²) >= 11 is 5.99. The summed E-state index contributed by atoms with van der Waals surface area (Å²) in [5.41, 5.74) is 7.97. The summed E-state index contributed by atoms with van der Waals surface area (Å²) in [6.07, 6.45) is 0. The second-order valence-electron chi connectivity index (χ2n) is 3.51. The number of ether oxygens (including phenoxy) is 1. The van der Waals surface area contributed by atoms with E-state index >= 15 is 0 Å². The Morgan fingerprint density at radius 2 is 2.20 bits per heavy atom. The Hall–Kier alpha value is -0.770. The van der Waals surface area contributed by atoms with Gasteiger partial charge in [0, 0.05) is 23.2 Å². The second kappa shape index (κ2) is 5.35. The first-order chi connectivity index (χ1) is 7.10. The first-order valence-corrected chi connectivity index (χ1v) is 5.22. The number of hydrogen-bond acceptors (Lipinski definition) is 3. The first-order valence-electron chi connectivity index (χ1n) is 4.84. The SMILES string of the molecule is CNCC(N)c1cc(Cl)cc(C)c1OC. The topological polar surface area (TPSA) is 47.3 Å². The minimum absolute atomic E-state index is 0.109. The van der Waals surface area contributed by atoms with Crippen LogP contribution in [0.25, 0.3) is 0 Å². The average molecular weight is 229 g/mol. The van der Waals surface area contributed by atoms with Crippen LogP contribution in [0.4, 0.5) is 0 Å². The summed E-state index contributed by atoms with van der Waals surface area (Å²) in [6.45, 7) is 2.65. The van der Waals surface area contributed by atoms with Gasteiger partial charge in [-0.25, -0.2) is 0 Å². The first kappa shape index (κ1) is 12.3. The summed E-state index contributed by atoms with van der Waals surface area (Å²) in [5, 5.41) is 3.72. The molecule has 1 aromatic rings. The smallest absolute Gasteiger partial charge is 0.126 e. The lowest BCUT2D eigenvalue weighted by molar-refractivity contribution is 0.402. The predicted octanol–water partition coefficient (Wildman–Crippen LogP) is 1.88. The minimum Gasteiger partial charge on any atom is -0.496 e. The monoisotopic (exact) mass is 228 g/mol. The Morgan fingerprint density at radius 3 is 2.73 bits per heavy atom. The van der Waals surface area contributed by atoms with Crippen LogP contribution in [-0.2, 0) is 0 Å². The molecule has 0 aliphatic rings. The summed E-state index contributed by atoms with van der Waals surface area (Å²) in [4.78, 5) is 0. The van der Waals surface area contributed by atoms with Crippen LogP contribution < -0.4 is 15.8 Å². The lowest BCUT2D eigenvalue weighted by Crippen LogP contribution is -2.24. The van der Waals surface area contributed by atoms with Crippen LogP contribution in [0.2, 0.25) is 5.02 Å². The molecule has 4 heteroatoms. The van der Waals surface area contributed by atoms with Crippen molar-refractivity contribution >= 4 is 11.6 Å². The summed E-state index contributed by atoms with van der Waals surface area (Å²) in [6, 6.07) is 3.62. The molecule has 1 atom stereocenters. The number of hydrogen-bond donors (Lipinski definition) is 2. The lowest BCUT2D eigenvalue weighted by Gasteiger charge is -2.17. The van der Waals surface area contributed by atoms with Crippen LogP contribution >= 0.6 is 11.6 Å². The molecular weight excluding hydrogens is 212 g/mol. The molecule has 0 radical (unpaired) electrons. The summed E-state index contributed by atoms with van der Waals surface area (Å²) in [7, 11) is 3.51. The van der Waals surface area contributed by atoms with Crippen LogP contribution in [0.1, 0.15) is 17.2 Å². The van der Waals surface area contributed by atoms with Crippen molar-refractivity contribution in [3.8, 4) is 5.75 Å². The van der Waals surface area contributed by atoms with Crippen molar-refractivity contribution in [1.82, 2.24) is 5.32 Å². The zero-order chi connectivity index (χ0) is 11.4. The van der Waals surface area contributed by atoms with Gasteiger partial charge in [0.1, 0.15) is 5.75 Å². The van der Waals surface area contributed by atoms with Crippen molar-refractivity contribution < 1.29 is 4.74 Å². The molecule has 84 valence electrons. The van der Waals surface area contributed by atoms with E-state index in [1.54, 1.807) is 7.11 Å². The van der Waals surface area contributed by atoms with Gasteiger partial charge in [-0.3, -0.25) is 0 Å². The van der Waals surface area contributed by atoms with Gasteiger partial charge in [0.25, 0.3) is 0 Å². The van der Waals surface area contributed by atoms with Gasteiger partial charge in [0.05, 0.1) is 7.11 Å². The molecule has 0 aliphatic heterocycles. The molecule has 0 aromatic heterocycles. The molecule has 0 saturated carbocycles. The van der Waals surface area contributed by atoms with Crippen molar-refractivity contribution in [3.05, 3.63) is 28.3 Å². The van der Waals surface area contributed by atoms with E-state index in [2.05, 4.69) is 5.32 Å². The standard InChI is InChI=1S/C11H17ClN2O/c1-7-4-8(12)5-9(11(7)15-3)10(13)6-14-2/h4-5,10,14H,6,13H2,1-3H3. The van der Waals surface area contributed by atoms with Crippen molar-refractivity contribution in [3.63, 3.8) is 0 Å². The molecule has 0 saturated heterocycles. The molecular formula is C11H17ClN2O. The Labute approximate surface area is 95.6 Å². The summed E-state index contributed by atoms with van der Waals surface area (Å²) in [5.74, 6) is 0.821. The Balaban J connectivity index is 3.13. The van der Waals surface area contributed by atoms with E-state index < -0.39 is 0 Å². The Morgan fingerprint density at radius 1 is 1.53 bits per heavy atom. The quantitative estimate of drug-likeness (QED) is 0.827. The molecule has 0 heterocycles. The van der Waals surface area contributed by atoms with Gasteiger partial charge in [0.15, 0.2) is 0 Å². The minimum atomic E-state index is -0.109. The van der Waals surface area contributed by atoms with E-state index in [9.17, 15) is 0 Å². The Kier molecular flexibility index (Phi) is 4.39. The molecule has 3 nitrogen and oxygen atoms in total. The molecule has 15 heavy (non-hydrogen) atoms. The number of nitrogens with two attached hydrogens (primary N) is 1. The zero-order valence-electron chi connectivity index (χ0n) is 9.30. The van der Waals surface area contributed by atoms with Crippen LogP contribution in [0.5, 0.6) is 5.75 Å². The number of likely N-dealkylation sites (N-methyl/N-ethyl adjacent to an activating group) is 1. The van der Waals surface area contributed by atoms with E-state index in [1.807, 2.05) is 26.1 Å². The molecule has 0 spiro atoms. The van der Waals surface area contributed by atoms with E-state index in [0.29, 0.717) is 11.6 Å². The van der Waals surface area contributed by atoms with Crippen LogP contribution in [0.3, 0.4) is 0 Å². The fraction of sp³-hybridized carbons (Fsp3) is 0.455. The number of aryl methyl sites for hydroxylation is 1. The van der Waals surface area contributed by atoms with E-state index in [-0.39, 0.29) is 6.04 Å². The van der Waals surface area contributed by atoms with Crippen molar-refractivity contribution in [2.24, 2.45) is 5.73 Å². The second-order valence-corrected chi connectivity index (χ2v) is 3.95. The van der Waals surface area contributed by atoms with E-state index in [1.165, 1.54) is 0 Å². The predicted molar refractivity (Wildman–Crippen MR) is 63.6 cm³/mol. The van der Waals surface area contributed by atoms with Gasteiger partial charge in [-0.2, -0.15) is 0 Å². The van der Waals surface area contributed by atoms with Crippen molar-refractivity contribution in [1.29, 1.82) is 0 Å². The summed E-state index contributed by atoms with van der Waals surface area (Å²) < 4.78 is 5.33. The fourth-order valence-corrected chi connectivity index (χ4v) is 1.92. The number of benzene rings is 1. The van der Waals surface area contributed by atoms with Gasteiger partial charge >= 0.3 is 0 Å². The third-order valence-corrected chi connectivity index (χ3v) is 2.51. The third kappa shape index (κ3) is 2.84. The maximum absolute atomic E-state index is 6.02. The normalized spacial score (nSPS) is 12.6. The Bertz CT molecular complexity index is 342. The van der Waals surface area contributed by atoms with Crippen LogP contribution in [0.15, 0.2) is 12.1 Å². The van der Waals surface area contributed by atoms with Gasteiger partial charge < -0.3 is 15.8 Å². The van der Waals surface area contributed by atoms with Gasteiger partial charge in [0.2, 0.25) is 0 Å².